The summed E-state index contributed by atoms with van der Waals surface area (Å²) < 4.78 is 27.3. The van der Waals surface area contributed by atoms with Gasteiger partial charge in [0.1, 0.15) is 6.54 Å². The van der Waals surface area contributed by atoms with Crippen LogP contribution in [0.4, 0.5) is 5.69 Å². The number of anilines is 1. The van der Waals surface area contributed by atoms with Crippen LogP contribution >= 0.6 is 0 Å². The van der Waals surface area contributed by atoms with Crippen LogP contribution in [0.15, 0.2) is 65.6 Å². The lowest BCUT2D eigenvalue weighted by Gasteiger charge is -2.30. The highest BCUT2D eigenvalue weighted by atomic mass is 32.2. The van der Waals surface area contributed by atoms with Crippen LogP contribution in [0.5, 0.6) is 0 Å². The first kappa shape index (κ1) is 16.3. The molecule has 5 nitrogen and oxygen atoms in total. The summed E-state index contributed by atoms with van der Waals surface area (Å²) in [6.07, 6.45) is 0.796. The third kappa shape index (κ3) is 2.44. The molecule has 0 N–H and O–H groups in total. The molecule has 2 aliphatic heterocycles. The van der Waals surface area contributed by atoms with Gasteiger partial charge in [-0.05, 0) is 35.1 Å². The van der Waals surface area contributed by atoms with Gasteiger partial charge < -0.3 is 4.90 Å². The highest BCUT2D eigenvalue weighted by molar-refractivity contribution is 7.93. The molecular formula is C21H18N2O3S. The molecule has 27 heavy (non-hydrogen) atoms. The molecule has 0 saturated heterocycles. The van der Waals surface area contributed by atoms with Crippen molar-refractivity contribution in [2.45, 2.75) is 17.9 Å². The molecule has 6 heteroatoms. The minimum Gasteiger partial charge on any atom is -0.336 e. The Bertz CT molecular complexity index is 1180. The SMILES string of the molecule is O=C(CN1c2cccc3cccc(c23)S1(=O)=O)N1CCc2ccccc2C1. The summed E-state index contributed by atoms with van der Waals surface area (Å²) in [4.78, 5) is 15.0. The standard InChI is InChI=1S/C21H18N2O3S/c24-20(22-12-11-15-5-1-2-6-17(15)13-22)14-23-18-9-3-7-16-8-4-10-19(21(16)18)27(23,25)26/h1-10H,11-14H2. The fourth-order valence-electron chi connectivity index (χ4n) is 4.06. The Morgan fingerprint density at radius 2 is 1.67 bits per heavy atom. The Morgan fingerprint density at radius 3 is 2.48 bits per heavy atom. The van der Waals surface area contributed by atoms with Crippen molar-refractivity contribution in [2.24, 2.45) is 0 Å². The van der Waals surface area contributed by atoms with Crippen LogP contribution in [-0.4, -0.2) is 32.3 Å². The molecule has 3 aromatic carbocycles. The summed E-state index contributed by atoms with van der Waals surface area (Å²) in [5.74, 6) is -0.169. The molecule has 0 aromatic heterocycles. The lowest BCUT2D eigenvalue weighted by molar-refractivity contribution is -0.130. The average Bonchev–Trinajstić information content (AvgIpc) is 2.91. The van der Waals surface area contributed by atoms with Crippen molar-refractivity contribution in [1.29, 1.82) is 0 Å². The number of hydrogen-bond donors (Lipinski definition) is 0. The van der Waals surface area contributed by atoms with Crippen LogP contribution in [0.2, 0.25) is 0 Å². The predicted molar refractivity (Wildman–Crippen MR) is 104 cm³/mol. The van der Waals surface area contributed by atoms with E-state index in [0.29, 0.717) is 24.2 Å². The molecule has 0 bridgehead atoms. The maximum Gasteiger partial charge on any atom is 0.265 e. The summed E-state index contributed by atoms with van der Waals surface area (Å²) in [7, 11) is -3.71. The third-order valence-corrected chi connectivity index (χ3v) is 7.25. The summed E-state index contributed by atoms with van der Waals surface area (Å²) in [6.45, 7) is 0.971. The fourth-order valence-corrected chi connectivity index (χ4v) is 5.72. The van der Waals surface area contributed by atoms with Crippen LogP contribution in [0.3, 0.4) is 0 Å². The molecule has 0 saturated carbocycles. The van der Waals surface area contributed by atoms with E-state index in [1.807, 2.05) is 36.4 Å². The van der Waals surface area contributed by atoms with Gasteiger partial charge in [0.2, 0.25) is 5.91 Å². The normalized spacial score (nSPS) is 17.2. The molecule has 0 aliphatic carbocycles. The second-order valence-corrected chi connectivity index (χ2v) is 8.81. The highest BCUT2D eigenvalue weighted by Crippen LogP contribution is 2.41. The lowest BCUT2D eigenvalue weighted by atomic mass is 10.00. The molecule has 0 atom stereocenters. The number of sulfonamides is 1. The zero-order chi connectivity index (χ0) is 18.6. The second kappa shape index (κ2) is 5.82. The Hall–Kier alpha value is -2.86. The summed E-state index contributed by atoms with van der Waals surface area (Å²) in [5, 5.41) is 1.58. The first-order chi connectivity index (χ1) is 13.1. The van der Waals surface area contributed by atoms with Gasteiger partial charge in [-0.1, -0.05) is 48.5 Å². The highest BCUT2D eigenvalue weighted by Gasteiger charge is 2.37. The summed E-state index contributed by atoms with van der Waals surface area (Å²) in [5.41, 5.74) is 2.98. The number of rotatable bonds is 2. The van der Waals surface area contributed by atoms with Gasteiger partial charge in [-0.3, -0.25) is 9.10 Å². The molecule has 0 radical (unpaired) electrons. The largest absolute Gasteiger partial charge is 0.336 e. The summed E-state index contributed by atoms with van der Waals surface area (Å²) in [6, 6.07) is 18.8. The van der Waals surface area contributed by atoms with E-state index in [1.165, 1.54) is 9.87 Å². The van der Waals surface area contributed by atoms with Gasteiger partial charge in [0.05, 0.1) is 10.6 Å². The van der Waals surface area contributed by atoms with E-state index in [2.05, 4.69) is 6.07 Å². The van der Waals surface area contributed by atoms with Gasteiger partial charge in [-0.15, -0.1) is 0 Å². The molecule has 5 rings (SSSR count). The van der Waals surface area contributed by atoms with Crippen molar-refractivity contribution in [1.82, 2.24) is 4.90 Å². The minimum absolute atomic E-state index is 0.168. The van der Waals surface area contributed by atoms with Gasteiger partial charge in [0.15, 0.2) is 0 Å². The monoisotopic (exact) mass is 378 g/mol. The van der Waals surface area contributed by atoms with Crippen molar-refractivity contribution in [3.63, 3.8) is 0 Å². The molecule has 0 unspecified atom stereocenters. The van der Waals surface area contributed by atoms with E-state index >= 15 is 0 Å². The minimum atomic E-state index is -3.71. The number of amides is 1. The van der Waals surface area contributed by atoms with Crippen molar-refractivity contribution < 1.29 is 13.2 Å². The molecular weight excluding hydrogens is 360 g/mol. The molecule has 0 spiro atoms. The van der Waals surface area contributed by atoms with E-state index in [1.54, 1.807) is 23.1 Å². The molecule has 2 heterocycles. The Morgan fingerprint density at radius 1 is 0.926 bits per heavy atom. The van der Waals surface area contributed by atoms with Gasteiger partial charge in [-0.25, -0.2) is 8.42 Å². The smallest absolute Gasteiger partial charge is 0.265 e. The fraction of sp³-hybridized carbons (Fsp3) is 0.190. The van der Waals surface area contributed by atoms with Crippen molar-refractivity contribution in [3.8, 4) is 0 Å². The van der Waals surface area contributed by atoms with Crippen LogP contribution in [0.1, 0.15) is 11.1 Å². The van der Waals surface area contributed by atoms with Crippen LogP contribution < -0.4 is 4.31 Å². The Balaban J connectivity index is 1.47. The second-order valence-electron chi connectivity index (χ2n) is 6.98. The Kier molecular flexibility index (Phi) is 3.52. The lowest BCUT2D eigenvalue weighted by Crippen LogP contribution is -2.43. The molecule has 136 valence electrons. The zero-order valence-electron chi connectivity index (χ0n) is 14.6. The van der Waals surface area contributed by atoms with Crippen molar-refractivity contribution >= 4 is 32.4 Å². The number of nitrogens with zero attached hydrogens (tertiary/aromatic N) is 2. The zero-order valence-corrected chi connectivity index (χ0v) is 15.4. The van der Waals surface area contributed by atoms with E-state index in [4.69, 9.17) is 0 Å². The first-order valence-corrected chi connectivity index (χ1v) is 10.4. The predicted octanol–water partition coefficient (Wildman–Crippen LogP) is 2.93. The van der Waals surface area contributed by atoms with Gasteiger partial charge in [0, 0.05) is 18.5 Å². The van der Waals surface area contributed by atoms with E-state index in [0.717, 1.165) is 17.4 Å². The number of hydrogen-bond acceptors (Lipinski definition) is 3. The van der Waals surface area contributed by atoms with Gasteiger partial charge in [-0.2, -0.15) is 0 Å². The van der Waals surface area contributed by atoms with E-state index in [9.17, 15) is 13.2 Å². The first-order valence-electron chi connectivity index (χ1n) is 8.95. The maximum atomic E-state index is 13.0. The van der Waals surface area contributed by atoms with Crippen molar-refractivity contribution in [2.75, 3.05) is 17.4 Å². The Labute approximate surface area is 157 Å². The van der Waals surface area contributed by atoms with Gasteiger partial charge in [0.25, 0.3) is 10.0 Å². The van der Waals surface area contributed by atoms with Crippen LogP contribution in [-0.2, 0) is 27.8 Å². The van der Waals surface area contributed by atoms with Crippen molar-refractivity contribution in [3.05, 3.63) is 71.8 Å². The number of carbonyl (C=O) groups excluding carboxylic acids is 1. The van der Waals surface area contributed by atoms with Gasteiger partial charge >= 0.3 is 0 Å². The molecule has 2 aliphatic rings. The number of fused-ring (bicyclic) bond motifs is 1. The number of benzene rings is 3. The van der Waals surface area contributed by atoms with Crippen LogP contribution in [0, 0.1) is 0 Å². The average molecular weight is 378 g/mol. The van der Waals surface area contributed by atoms with Crippen LogP contribution in [0.25, 0.3) is 10.8 Å². The molecule has 0 fully saturated rings. The van der Waals surface area contributed by atoms with E-state index in [-0.39, 0.29) is 17.3 Å². The molecule has 3 aromatic rings. The molecule has 1 amide bonds. The van der Waals surface area contributed by atoms with E-state index < -0.39 is 10.0 Å². The third-order valence-electron chi connectivity index (χ3n) is 5.44. The maximum absolute atomic E-state index is 13.0. The number of carbonyl (C=O) groups is 1. The topological polar surface area (TPSA) is 57.7 Å². The quantitative estimate of drug-likeness (QED) is 0.689. The summed E-state index contributed by atoms with van der Waals surface area (Å²) >= 11 is 0.